The molecule has 0 saturated heterocycles. The van der Waals surface area contributed by atoms with E-state index in [1.165, 1.54) is 0 Å². The van der Waals surface area contributed by atoms with Gasteiger partial charge in [-0.1, -0.05) is 182 Å². The normalized spacial score (nSPS) is 14.0. The second-order valence-corrected chi connectivity index (χ2v) is 12.8. The second kappa shape index (κ2) is 17.5. The van der Waals surface area contributed by atoms with Gasteiger partial charge in [0, 0.05) is 32.2 Å². The maximum Gasteiger partial charge on any atom is 0.101 e. The number of benzene rings is 6. The molecule has 6 aromatic rings. The molecule has 2 N–H and O–H groups in total. The van der Waals surface area contributed by atoms with E-state index in [1.807, 2.05) is 60.7 Å². The molecule has 0 spiro atoms. The Labute approximate surface area is 291 Å². The molecule has 49 heavy (non-hydrogen) atoms. The molecule has 0 fully saturated rings. The van der Waals surface area contributed by atoms with Crippen molar-refractivity contribution in [3.05, 3.63) is 215 Å². The monoisotopic (exact) mass is 646 g/mol. The number of rotatable bonds is 16. The van der Waals surface area contributed by atoms with Crippen LogP contribution < -0.4 is 0 Å². The van der Waals surface area contributed by atoms with Crippen LogP contribution in [0.5, 0.6) is 0 Å². The maximum absolute atomic E-state index is 12.7. The first-order valence-electron chi connectivity index (χ1n) is 17.2. The quantitative estimate of drug-likeness (QED) is 0.111. The zero-order valence-electron chi connectivity index (χ0n) is 28.0. The lowest BCUT2D eigenvalue weighted by molar-refractivity contribution is -0.0836. The number of aliphatic hydroxyl groups is 2. The molecule has 0 aliphatic heterocycles. The third-order valence-electron chi connectivity index (χ3n) is 9.27. The molecule has 0 aliphatic rings. The van der Waals surface area contributed by atoms with Crippen molar-refractivity contribution in [2.45, 2.75) is 56.9 Å². The fraction of sp³-hybridized carbons (Fsp3) is 0.200. The third-order valence-corrected chi connectivity index (χ3v) is 9.27. The minimum Gasteiger partial charge on any atom is -0.389 e. The smallest absolute Gasteiger partial charge is 0.101 e. The molecule has 0 unspecified atom stereocenters. The third kappa shape index (κ3) is 9.62. The molecular formula is C45H46N2O2. The van der Waals surface area contributed by atoms with Gasteiger partial charge in [-0.05, 0) is 39.8 Å². The molecule has 4 atom stereocenters. The molecule has 0 bridgehead atoms. The van der Waals surface area contributed by atoms with E-state index in [2.05, 4.69) is 131 Å². The minimum atomic E-state index is -1.10. The van der Waals surface area contributed by atoms with Gasteiger partial charge in [-0.2, -0.15) is 0 Å². The molecule has 6 aromatic carbocycles. The molecule has 0 saturated carbocycles. The van der Waals surface area contributed by atoms with Crippen LogP contribution >= 0.6 is 0 Å². The molecule has 0 radical (unpaired) electrons. The summed E-state index contributed by atoms with van der Waals surface area (Å²) in [5, 5.41) is 25.3. The first-order valence-corrected chi connectivity index (χ1v) is 17.2. The van der Waals surface area contributed by atoms with E-state index in [1.54, 1.807) is 0 Å². The average molecular weight is 647 g/mol. The number of nitrogens with zero attached hydrogens (tertiary/aromatic N) is 2. The van der Waals surface area contributed by atoms with Crippen molar-refractivity contribution in [3.8, 4) is 0 Å². The van der Waals surface area contributed by atoms with Gasteiger partial charge in [0.15, 0.2) is 0 Å². The van der Waals surface area contributed by atoms with Crippen molar-refractivity contribution in [2.75, 3.05) is 0 Å². The largest absolute Gasteiger partial charge is 0.389 e. The molecule has 0 amide bonds. The summed E-state index contributed by atoms with van der Waals surface area (Å²) in [5.74, 6) is 0. The van der Waals surface area contributed by atoms with Crippen molar-refractivity contribution >= 4 is 0 Å². The number of aliphatic hydroxyl groups excluding tert-OH is 2. The topological polar surface area (TPSA) is 46.9 Å². The Morgan fingerprint density at radius 1 is 0.347 bits per heavy atom. The molecule has 6 rings (SSSR count). The van der Waals surface area contributed by atoms with E-state index in [0.717, 1.165) is 33.4 Å². The number of hydrogen-bond acceptors (Lipinski definition) is 4. The van der Waals surface area contributed by atoms with Crippen LogP contribution in [0.3, 0.4) is 0 Å². The van der Waals surface area contributed by atoms with Crippen LogP contribution in [0.25, 0.3) is 0 Å². The minimum absolute atomic E-state index is 0.390. The maximum atomic E-state index is 12.7. The molecule has 0 heterocycles. The Morgan fingerprint density at radius 3 is 1.02 bits per heavy atom. The van der Waals surface area contributed by atoms with E-state index >= 15 is 0 Å². The summed E-state index contributed by atoms with van der Waals surface area (Å²) >= 11 is 0. The first-order chi connectivity index (χ1) is 24.1. The molecule has 0 aromatic heterocycles. The highest BCUT2D eigenvalue weighted by Crippen LogP contribution is 2.33. The molecular weight excluding hydrogens is 601 g/mol. The van der Waals surface area contributed by atoms with Crippen LogP contribution in [-0.4, -0.2) is 38.3 Å². The van der Waals surface area contributed by atoms with Gasteiger partial charge in [-0.15, -0.1) is 0 Å². The van der Waals surface area contributed by atoms with Gasteiger partial charge in [0.25, 0.3) is 0 Å². The lowest BCUT2D eigenvalue weighted by Crippen LogP contribution is -2.53. The van der Waals surface area contributed by atoms with Crippen molar-refractivity contribution in [2.24, 2.45) is 0 Å². The lowest BCUT2D eigenvalue weighted by Gasteiger charge is -2.42. The summed E-state index contributed by atoms with van der Waals surface area (Å²) in [4.78, 5) is 4.65. The Kier molecular flexibility index (Phi) is 12.2. The van der Waals surface area contributed by atoms with Crippen LogP contribution in [0.4, 0.5) is 0 Å². The van der Waals surface area contributed by atoms with Crippen LogP contribution in [0.2, 0.25) is 0 Å². The Hall–Kier alpha value is -4.84. The summed E-state index contributed by atoms with van der Waals surface area (Å²) in [7, 11) is 0. The van der Waals surface area contributed by atoms with Gasteiger partial charge in [0.2, 0.25) is 0 Å². The Balaban J connectivity index is 1.41. The van der Waals surface area contributed by atoms with Gasteiger partial charge in [-0.3, -0.25) is 9.80 Å². The van der Waals surface area contributed by atoms with Gasteiger partial charge in [-0.25, -0.2) is 0 Å². The molecule has 0 aliphatic carbocycles. The van der Waals surface area contributed by atoms with Crippen LogP contribution in [0.15, 0.2) is 182 Å². The van der Waals surface area contributed by atoms with E-state index in [9.17, 15) is 10.2 Å². The average Bonchev–Trinajstić information content (AvgIpc) is 3.16. The van der Waals surface area contributed by atoms with Crippen molar-refractivity contribution in [1.82, 2.24) is 9.80 Å². The zero-order valence-corrected chi connectivity index (χ0v) is 28.0. The van der Waals surface area contributed by atoms with Crippen LogP contribution in [-0.2, 0) is 32.6 Å². The first kappa shape index (κ1) is 34.0. The van der Waals surface area contributed by atoms with Crippen molar-refractivity contribution < 1.29 is 10.2 Å². The summed E-state index contributed by atoms with van der Waals surface area (Å²) in [6.07, 6.45) is -1.60. The van der Waals surface area contributed by atoms with Crippen molar-refractivity contribution in [3.63, 3.8) is 0 Å². The van der Waals surface area contributed by atoms with Crippen LogP contribution in [0, 0.1) is 0 Å². The summed E-state index contributed by atoms with van der Waals surface area (Å²) in [6.45, 7) is 2.48. The fourth-order valence-electron chi connectivity index (χ4n) is 6.82. The van der Waals surface area contributed by atoms with Gasteiger partial charge >= 0.3 is 0 Å². The summed E-state index contributed by atoms with van der Waals surface area (Å²) in [5.41, 5.74) is 6.71. The molecule has 4 nitrogen and oxygen atoms in total. The highest BCUT2D eigenvalue weighted by Gasteiger charge is 2.39. The van der Waals surface area contributed by atoms with E-state index in [-0.39, 0.29) is 6.04 Å². The summed E-state index contributed by atoms with van der Waals surface area (Å²) < 4.78 is 0. The van der Waals surface area contributed by atoms with Gasteiger partial charge in [0.1, 0.15) is 6.10 Å². The van der Waals surface area contributed by atoms with E-state index < -0.39 is 18.2 Å². The Bertz CT molecular complexity index is 1690. The predicted molar refractivity (Wildman–Crippen MR) is 199 cm³/mol. The Morgan fingerprint density at radius 2 is 0.653 bits per heavy atom. The SMILES string of the molecule is O[C@H]([C@@H](O)[C@H](c1ccccc1)N(Cc1ccccc1)Cc1ccccc1)[C@H](Cc1ccccc1)N(Cc1ccccc1)Cc1ccccc1. The fourth-order valence-corrected chi connectivity index (χ4v) is 6.82. The highest BCUT2D eigenvalue weighted by atomic mass is 16.3. The zero-order chi connectivity index (χ0) is 33.7. The van der Waals surface area contributed by atoms with Crippen LogP contribution in [0.1, 0.15) is 39.4 Å². The van der Waals surface area contributed by atoms with E-state index in [4.69, 9.17) is 0 Å². The van der Waals surface area contributed by atoms with E-state index in [0.29, 0.717) is 32.6 Å². The molecule has 4 heteroatoms. The van der Waals surface area contributed by atoms with Gasteiger partial charge < -0.3 is 10.2 Å². The van der Waals surface area contributed by atoms with Crippen molar-refractivity contribution in [1.29, 1.82) is 0 Å². The standard InChI is InChI=1S/C45H46N2O2/c48-44(42(31-36-19-7-1-8-20-36)46(32-37-21-9-2-10-22-37)33-38-23-11-3-12-24-38)45(49)43(41-29-17-6-18-30-41)47(34-39-25-13-4-14-26-39)35-40-27-15-5-16-28-40/h1-30,42-45,48-49H,31-35H2/t42-,43-,44-,45-/m0/s1. The lowest BCUT2D eigenvalue weighted by atomic mass is 9.88. The predicted octanol–water partition coefficient (Wildman–Crippen LogP) is 8.47. The number of hydrogen-bond donors (Lipinski definition) is 2. The summed E-state index contributed by atoms with van der Waals surface area (Å²) in [6, 6.07) is 61.3. The molecule has 248 valence electrons. The second-order valence-electron chi connectivity index (χ2n) is 12.8. The highest BCUT2D eigenvalue weighted by molar-refractivity contribution is 5.26. The van der Waals surface area contributed by atoms with Gasteiger partial charge in [0.05, 0.1) is 12.1 Å².